The Bertz CT molecular complexity index is 1100. The first-order chi connectivity index (χ1) is 19.1. The van der Waals surface area contributed by atoms with Crippen molar-refractivity contribution >= 4 is 22.8 Å². The van der Waals surface area contributed by atoms with Gasteiger partial charge in [-0.3, -0.25) is 9.69 Å². The van der Waals surface area contributed by atoms with Crippen LogP contribution in [0.3, 0.4) is 0 Å². The summed E-state index contributed by atoms with van der Waals surface area (Å²) < 4.78 is 17.8. The van der Waals surface area contributed by atoms with Crippen LogP contribution in [0.2, 0.25) is 0 Å². The highest BCUT2D eigenvalue weighted by atomic mass is 32.2. The Balaban J connectivity index is 1.27. The van der Waals surface area contributed by atoms with Gasteiger partial charge in [0.05, 0.1) is 24.9 Å². The number of carbonyl (C=O) groups is 1. The van der Waals surface area contributed by atoms with Crippen molar-refractivity contribution in [2.75, 3.05) is 32.6 Å². The van der Waals surface area contributed by atoms with E-state index in [0.717, 1.165) is 94.3 Å². The largest absolute Gasteiger partial charge is 0.381 e. The lowest BCUT2D eigenvalue weighted by atomic mass is 9.61. The normalized spacial score (nSPS) is 35.9. The molecule has 3 aliphatic carbocycles. The predicted octanol–water partition coefficient (Wildman–Crippen LogP) is 5.65. The number of methoxy groups -OCH3 is 1. The molecule has 2 saturated heterocycles. The molecule has 1 aromatic carbocycles. The number of aryl methyl sites for hydroxylation is 1. The van der Waals surface area contributed by atoms with Crippen LogP contribution in [0, 0.1) is 11.3 Å². The van der Waals surface area contributed by atoms with E-state index in [4.69, 9.17) is 19.2 Å². The van der Waals surface area contributed by atoms with E-state index in [2.05, 4.69) is 18.2 Å². The third kappa shape index (κ3) is 4.79. The Labute approximate surface area is 237 Å². The van der Waals surface area contributed by atoms with Crippen LogP contribution in [-0.2, 0) is 37.4 Å². The Morgan fingerprint density at radius 1 is 1.05 bits per heavy atom. The van der Waals surface area contributed by atoms with E-state index in [1.54, 1.807) is 11.8 Å². The van der Waals surface area contributed by atoms with Crippen LogP contribution in [0.1, 0.15) is 87.3 Å². The van der Waals surface area contributed by atoms with Gasteiger partial charge in [-0.1, -0.05) is 42.8 Å². The summed E-state index contributed by atoms with van der Waals surface area (Å²) in [7, 11) is 1.83. The number of amidine groups is 1. The summed E-state index contributed by atoms with van der Waals surface area (Å²) in [6.45, 7) is 2.26. The monoisotopic (exact) mass is 552 g/mol. The number of thioether (sulfide) groups is 1. The summed E-state index contributed by atoms with van der Waals surface area (Å²) in [5, 5.41) is 0.899. The van der Waals surface area contributed by atoms with Gasteiger partial charge in [0.25, 0.3) is 5.91 Å². The molecule has 0 bridgehead atoms. The molecule has 0 N–H and O–H groups in total. The van der Waals surface area contributed by atoms with Gasteiger partial charge in [-0.05, 0) is 93.2 Å². The highest BCUT2D eigenvalue weighted by Crippen LogP contribution is 2.62. The number of aliphatic imine (C=N–C) groups is 1. The van der Waals surface area contributed by atoms with E-state index in [9.17, 15) is 4.79 Å². The van der Waals surface area contributed by atoms with Crippen molar-refractivity contribution in [2.45, 2.75) is 107 Å². The summed E-state index contributed by atoms with van der Waals surface area (Å²) >= 11 is 1.74. The predicted molar refractivity (Wildman–Crippen MR) is 154 cm³/mol. The second-order valence-electron chi connectivity index (χ2n) is 13.0. The van der Waals surface area contributed by atoms with Gasteiger partial charge in [0.1, 0.15) is 0 Å². The van der Waals surface area contributed by atoms with Crippen LogP contribution in [0.25, 0.3) is 0 Å². The third-order valence-corrected chi connectivity index (χ3v) is 11.6. The molecule has 7 heteroatoms. The summed E-state index contributed by atoms with van der Waals surface area (Å²) in [5.74, 6) is 1.95. The zero-order valence-corrected chi connectivity index (χ0v) is 24.3. The summed E-state index contributed by atoms with van der Waals surface area (Å²) in [6, 6.07) is 7.05. The number of hydrogen-bond donors (Lipinski definition) is 0. The smallest absolute Gasteiger partial charge is 0.261 e. The maximum atomic E-state index is 15.0. The fourth-order valence-corrected chi connectivity index (χ4v) is 9.12. The number of carbonyl (C=O) groups excluding carboxylic acids is 1. The van der Waals surface area contributed by atoms with Gasteiger partial charge in [0.15, 0.2) is 10.7 Å². The minimum absolute atomic E-state index is 0.101. The van der Waals surface area contributed by atoms with E-state index in [1.807, 2.05) is 12.0 Å². The van der Waals surface area contributed by atoms with Gasteiger partial charge in [0.2, 0.25) is 0 Å². The maximum absolute atomic E-state index is 15.0. The lowest BCUT2D eigenvalue weighted by Gasteiger charge is -2.45. The van der Waals surface area contributed by atoms with E-state index in [1.165, 1.54) is 36.0 Å². The van der Waals surface area contributed by atoms with Crippen molar-refractivity contribution in [3.63, 3.8) is 0 Å². The van der Waals surface area contributed by atoms with Crippen molar-refractivity contribution < 1.29 is 19.0 Å². The number of benzene rings is 1. The van der Waals surface area contributed by atoms with Crippen molar-refractivity contribution in [1.29, 1.82) is 0 Å². The zero-order chi connectivity index (χ0) is 26.5. The maximum Gasteiger partial charge on any atom is 0.261 e. The average molecular weight is 553 g/mol. The van der Waals surface area contributed by atoms with Gasteiger partial charge >= 0.3 is 0 Å². The molecule has 0 radical (unpaired) electrons. The molecule has 7 rings (SSSR count). The van der Waals surface area contributed by atoms with Crippen LogP contribution < -0.4 is 0 Å². The quantitative estimate of drug-likeness (QED) is 0.417. The van der Waals surface area contributed by atoms with Gasteiger partial charge in [-0.25, -0.2) is 4.99 Å². The molecule has 1 aromatic rings. The number of hydrogen-bond acceptors (Lipinski definition) is 6. The first-order valence-corrected chi connectivity index (χ1v) is 16.5. The Morgan fingerprint density at radius 2 is 1.82 bits per heavy atom. The van der Waals surface area contributed by atoms with Crippen molar-refractivity contribution in [3.8, 4) is 0 Å². The molecular weight excluding hydrogens is 508 g/mol. The molecular formula is C32H44N2O4S. The number of ether oxygens (including phenoxy) is 3. The van der Waals surface area contributed by atoms with E-state index < -0.39 is 5.54 Å². The molecule has 1 amide bonds. The van der Waals surface area contributed by atoms with Crippen LogP contribution in [0.15, 0.2) is 23.2 Å². The molecule has 6 nitrogen and oxygen atoms in total. The number of rotatable bonds is 8. The highest BCUT2D eigenvalue weighted by molar-refractivity contribution is 8.13. The fraction of sp³-hybridized carbons (Fsp3) is 0.750. The van der Waals surface area contributed by atoms with Crippen LogP contribution in [0.5, 0.6) is 0 Å². The van der Waals surface area contributed by atoms with Gasteiger partial charge in [0, 0.05) is 31.5 Å². The minimum atomic E-state index is -0.825. The topological polar surface area (TPSA) is 60.4 Å². The number of fused-ring (bicyclic) bond motifs is 3. The van der Waals surface area contributed by atoms with Crippen molar-refractivity contribution in [2.24, 2.45) is 16.3 Å². The van der Waals surface area contributed by atoms with E-state index >= 15 is 0 Å². The third-order valence-electron chi connectivity index (χ3n) is 10.5. The Kier molecular flexibility index (Phi) is 7.32. The standard InChI is InChI=1S/C32H44N2O4S/c1-36-25-12-14-31(15-13-25)19-24-11-10-23(9-8-22-6-7-22)18-28(24)32(31)29(35)34(20-26-4-2-16-37-26)30(33-32)39-21-27-5-3-17-38-27/h10-11,18,22,25-27H,2-9,12-17,19-21H2,1H3. The molecule has 3 unspecified atom stereocenters. The lowest BCUT2D eigenvalue weighted by Crippen LogP contribution is -2.52. The molecule has 3 aliphatic heterocycles. The second kappa shape index (κ2) is 10.8. The molecule has 4 fully saturated rings. The van der Waals surface area contributed by atoms with Crippen molar-refractivity contribution in [1.82, 2.24) is 4.90 Å². The fourth-order valence-electron chi connectivity index (χ4n) is 8.00. The molecule has 3 heterocycles. The van der Waals surface area contributed by atoms with Gasteiger partial charge in [-0.2, -0.15) is 0 Å². The molecule has 0 aromatic heterocycles. The highest BCUT2D eigenvalue weighted by Gasteiger charge is 2.67. The first kappa shape index (κ1) is 26.5. The Morgan fingerprint density at radius 3 is 2.51 bits per heavy atom. The average Bonchev–Trinajstić information content (AvgIpc) is 3.28. The second-order valence-corrected chi connectivity index (χ2v) is 14.0. The van der Waals surface area contributed by atoms with Crippen LogP contribution >= 0.6 is 11.8 Å². The number of amides is 1. The molecule has 39 heavy (non-hydrogen) atoms. The van der Waals surface area contributed by atoms with Gasteiger partial charge in [-0.15, -0.1) is 0 Å². The SMILES string of the molecule is COC1CCC2(CC1)Cc1ccc(CCC3CC3)cc1C21N=C(SCC2CCCO2)N(CC2CCCO2)C1=O. The molecule has 3 atom stereocenters. The molecule has 2 saturated carbocycles. The molecule has 2 spiro atoms. The number of nitrogens with zero attached hydrogens (tertiary/aromatic N) is 2. The minimum Gasteiger partial charge on any atom is -0.381 e. The first-order valence-electron chi connectivity index (χ1n) is 15.5. The van der Waals surface area contributed by atoms with Crippen LogP contribution in [-0.4, -0.2) is 66.9 Å². The van der Waals surface area contributed by atoms with Crippen molar-refractivity contribution in [3.05, 3.63) is 34.9 Å². The summed E-state index contributed by atoms with van der Waals surface area (Å²) in [4.78, 5) is 22.6. The van der Waals surface area contributed by atoms with Gasteiger partial charge < -0.3 is 14.2 Å². The summed E-state index contributed by atoms with van der Waals surface area (Å²) in [5.41, 5.74) is 2.89. The van der Waals surface area contributed by atoms with E-state index in [-0.39, 0.29) is 29.6 Å². The Hall–Kier alpha value is -1.41. The zero-order valence-electron chi connectivity index (χ0n) is 23.5. The summed E-state index contributed by atoms with van der Waals surface area (Å²) in [6.07, 6.45) is 15.0. The molecule has 6 aliphatic rings. The molecule has 212 valence electrons. The lowest BCUT2D eigenvalue weighted by molar-refractivity contribution is -0.139. The van der Waals surface area contributed by atoms with E-state index in [0.29, 0.717) is 6.54 Å². The van der Waals surface area contributed by atoms with Crippen LogP contribution in [0.4, 0.5) is 0 Å².